The third-order valence-electron chi connectivity index (χ3n) is 3.82. The first kappa shape index (κ1) is 13.7. The number of rotatable bonds is 3. The lowest BCUT2D eigenvalue weighted by Gasteiger charge is -2.27. The van der Waals surface area contributed by atoms with E-state index >= 15 is 0 Å². The Morgan fingerprint density at radius 2 is 2.11 bits per heavy atom. The van der Waals surface area contributed by atoms with E-state index in [2.05, 4.69) is 25.2 Å². The molecule has 1 fully saturated rings. The first-order valence-electron chi connectivity index (χ1n) is 6.82. The van der Waals surface area contributed by atoms with Gasteiger partial charge in [-0.3, -0.25) is 0 Å². The van der Waals surface area contributed by atoms with Crippen molar-refractivity contribution in [1.82, 2.24) is 0 Å². The molecule has 1 aliphatic carbocycles. The third-order valence-corrected chi connectivity index (χ3v) is 4.12. The minimum atomic E-state index is 0.389. The molecule has 3 N–H and O–H groups in total. The highest BCUT2D eigenvalue weighted by molar-refractivity contribution is 6.33. The number of hydrogen-bond acceptors (Lipinski definition) is 2. The minimum Gasteiger partial charge on any atom is -0.383 e. The van der Waals surface area contributed by atoms with E-state index in [1.54, 1.807) is 0 Å². The maximum atomic E-state index is 6.29. The number of benzene rings is 1. The summed E-state index contributed by atoms with van der Waals surface area (Å²) in [5.74, 6) is 0.686. The molecule has 0 heterocycles. The summed E-state index contributed by atoms with van der Waals surface area (Å²) in [4.78, 5) is 0. The Morgan fingerprint density at radius 3 is 2.78 bits per heavy atom. The normalized spacial score (nSPS) is 24.0. The second kappa shape index (κ2) is 5.94. The van der Waals surface area contributed by atoms with Crippen molar-refractivity contribution < 1.29 is 0 Å². The molecule has 0 amide bonds. The molecule has 0 spiro atoms. The third kappa shape index (κ3) is 3.39. The fraction of sp³-hybridized carbons (Fsp3) is 0.600. The number of aryl methyl sites for hydroxylation is 2. The van der Waals surface area contributed by atoms with E-state index in [4.69, 9.17) is 17.3 Å². The summed E-state index contributed by atoms with van der Waals surface area (Å²) in [5, 5.41) is 4.34. The van der Waals surface area contributed by atoms with Gasteiger partial charge in [-0.25, -0.2) is 0 Å². The first-order chi connectivity index (χ1) is 8.56. The molecule has 0 bridgehead atoms. The zero-order valence-corrected chi connectivity index (χ0v) is 12.1. The molecule has 2 nitrogen and oxygen atoms in total. The maximum absolute atomic E-state index is 6.29. The topological polar surface area (TPSA) is 38.0 Å². The summed E-state index contributed by atoms with van der Waals surface area (Å²) in [6.45, 7) is 5.16. The predicted molar refractivity (Wildman–Crippen MR) is 79.3 cm³/mol. The van der Waals surface area contributed by atoms with Crippen molar-refractivity contribution >= 4 is 17.3 Å². The van der Waals surface area contributed by atoms with Crippen molar-refractivity contribution in [3.8, 4) is 0 Å². The average molecular weight is 267 g/mol. The molecule has 1 saturated carbocycles. The van der Waals surface area contributed by atoms with Crippen LogP contribution in [-0.4, -0.2) is 12.6 Å². The smallest absolute Gasteiger partial charge is 0.0642 e. The van der Waals surface area contributed by atoms with Crippen LogP contribution in [-0.2, 0) is 0 Å². The van der Waals surface area contributed by atoms with E-state index in [-0.39, 0.29) is 0 Å². The van der Waals surface area contributed by atoms with E-state index in [1.165, 1.54) is 30.4 Å². The van der Waals surface area contributed by atoms with Crippen LogP contribution in [0.1, 0.15) is 36.8 Å². The SMILES string of the molecule is Cc1cc(C)c(NCC2CCCC(N)C2)c(Cl)c1. The Hall–Kier alpha value is -0.730. The number of nitrogens with two attached hydrogens (primary N) is 1. The van der Waals surface area contributed by atoms with Gasteiger partial charge in [0.15, 0.2) is 0 Å². The first-order valence-corrected chi connectivity index (χ1v) is 7.20. The van der Waals surface area contributed by atoms with Gasteiger partial charge in [0.25, 0.3) is 0 Å². The zero-order chi connectivity index (χ0) is 13.1. The van der Waals surface area contributed by atoms with Crippen LogP contribution in [0.3, 0.4) is 0 Å². The van der Waals surface area contributed by atoms with Gasteiger partial charge in [0.2, 0.25) is 0 Å². The highest BCUT2D eigenvalue weighted by atomic mass is 35.5. The van der Waals surface area contributed by atoms with Crippen molar-refractivity contribution in [2.24, 2.45) is 11.7 Å². The van der Waals surface area contributed by atoms with E-state index < -0.39 is 0 Å². The van der Waals surface area contributed by atoms with Crippen LogP contribution in [0.25, 0.3) is 0 Å². The molecule has 1 aromatic rings. The van der Waals surface area contributed by atoms with Crippen molar-refractivity contribution in [2.75, 3.05) is 11.9 Å². The van der Waals surface area contributed by atoms with Gasteiger partial charge in [-0.05, 0) is 56.2 Å². The van der Waals surface area contributed by atoms with Crippen LogP contribution in [0.4, 0.5) is 5.69 Å². The van der Waals surface area contributed by atoms with E-state index in [0.717, 1.165) is 23.7 Å². The van der Waals surface area contributed by atoms with Gasteiger partial charge in [0, 0.05) is 12.6 Å². The summed E-state index contributed by atoms with van der Waals surface area (Å²) in [5.41, 5.74) is 9.54. The lowest BCUT2D eigenvalue weighted by molar-refractivity contribution is 0.335. The van der Waals surface area contributed by atoms with Gasteiger partial charge >= 0.3 is 0 Å². The van der Waals surface area contributed by atoms with Gasteiger partial charge in [-0.15, -0.1) is 0 Å². The lowest BCUT2D eigenvalue weighted by Crippen LogP contribution is -2.31. The summed E-state index contributed by atoms with van der Waals surface area (Å²) >= 11 is 6.29. The molecule has 100 valence electrons. The Balaban J connectivity index is 1.97. The zero-order valence-electron chi connectivity index (χ0n) is 11.3. The van der Waals surface area contributed by atoms with Crippen LogP contribution in [0.5, 0.6) is 0 Å². The van der Waals surface area contributed by atoms with Crippen LogP contribution in [0.2, 0.25) is 5.02 Å². The average Bonchev–Trinajstić information content (AvgIpc) is 2.27. The van der Waals surface area contributed by atoms with Crippen LogP contribution < -0.4 is 11.1 Å². The second-order valence-electron chi connectivity index (χ2n) is 5.61. The van der Waals surface area contributed by atoms with Gasteiger partial charge < -0.3 is 11.1 Å². The second-order valence-corrected chi connectivity index (χ2v) is 6.02. The fourth-order valence-corrected chi connectivity index (χ4v) is 3.29. The van der Waals surface area contributed by atoms with Gasteiger partial charge in [0.05, 0.1) is 10.7 Å². The molecule has 2 rings (SSSR count). The molecule has 3 heteroatoms. The molecule has 2 atom stereocenters. The van der Waals surface area contributed by atoms with Crippen molar-refractivity contribution in [2.45, 2.75) is 45.6 Å². The number of hydrogen-bond donors (Lipinski definition) is 2. The number of nitrogens with one attached hydrogen (secondary N) is 1. The molecule has 18 heavy (non-hydrogen) atoms. The minimum absolute atomic E-state index is 0.389. The van der Waals surface area contributed by atoms with Crippen LogP contribution in [0.15, 0.2) is 12.1 Å². The van der Waals surface area contributed by atoms with Crippen molar-refractivity contribution in [1.29, 1.82) is 0 Å². The molecular weight excluding hydrogens is 244 g/mol. The largest absolute Gasteiger partial charge is 0.383 e. The number of anilines is 1. The Labute approximate surface area is 115 Å². The molecule has 1 aliphatic rings. The fourth-order valence-electron chi connectivity index (χ4n) is 2.90. The Morgan fingerprint density at radius 1 is 1.33 bits per heavy atom. The molecule has 1 aromatic carbocycles. The highest BCUT2D eigenvalue weighted by Crippen LogP contribution is 2.29. The van der Waals surface area contributed by atoms with Gasteiger partial charge in [-0.1, -0.05) is 24.1 Å². The van der Waals surface area contributed by atoms with Gasteiger partial charge in [0.1, 0.15) is 0 Å². The quantitative estimate of drug-likeness (QED) is 0.871. The van der Waals surface area contributed by atoms with E-state index in [1.807, 2.05) is 6.07 Å². The Kier molecular flexibility index (Phi) is 4.52. The molecule has 0 aromatic heterocycles. The monoisotopic (exact) mass is 266 g/mol. The van der Waals surface area contributed by atoms with Gasteiger partial charge in [-0.2, -0.15) is 0 Å². The lowest BCUT2D eigenvalue weighted by atomic mass is 9.86. The van der Waals surface area contributed by atoms with Crippen LogP contribution >= 0.6 is 11.6 Å². The summed E-state index contributed by atoms with van der Waals surface area (Å²) in [6.07, 6.45) is 4.85. The molecule has 0 aliphatic heterocycles. The molecule has 0 radical (unpaired) electrons. The molecule has 2 unspecified atom stereocenters. The van der Waals surface area contributed by atoms with Crippen molar-refractivity contribution in [3.63, 3.8) is 0 Å². The summed E-state index contributed by atoms with van der Waals surface area (Å²) in [6, 6.07) is 4.57. The molecule has 0 saturated heterocycles. The van der Waals surface area contributed by atoms with E-state index in [9.17, 15) is 0 Å². The van der Waals surface area contributed by atoms with E-state index in [0.29, 0.717) is 12.0 Å². The standard InChI is InChI=1S/C15H23ClN2/c1-10-6-11(2)15(14(16)7-10)18-9-12-4-3-5-13(17)8-12/h6-7,12-13,18H,3-5,8-9,17H2,1-2H3. The summed E-state index contributed by atoms with van der Waals surface area (Å²) < 4.78 is 0. The highest BCUT2D eigenvalue weighted by Gasteiger charge is 2.19. The maximum Gasteiger partial charge on any atom is 0.0642 e. The summed E-state index contributed by atoms with van der Waals surface area (Å²) in [7, 11) is 0. The van der Waals surface area contributed by atoms with Crippen LogP contribution in [0, 0.1) is 19.8 Å². The Bertz CT molecular complexity index is 394. The number of halogens is 1. The predicted octanol–water partition coefficient (Wildman–Crippen LogP) is 3.89. The van der Waals surface area contributed by atoms with Crippen molar-refractivity contribution in [3.05, 3.63) is 28.3 Å². The molecular formula is C15H23ClN2.